The molecule has 1 aliphatic rings. The Kier molecular flexibility index (Phi) is 5.76. The minimum Gasteiger partial charge on any atom is -0.493 e. The van der Waals surface area contributed by atoms with Crippen molar-refractivity contribution >= 4 is 52.2 Å². The second kappa shape index (κ2) is 8.03. The summed E-state index contributed by atoms with van der Waals surface area (Å²) >= 11 is 13.2. The molecule has 0 unspecified atom stereocenters. The molecule has 0 aromatic heterocycles. The molecule has 0 bridgehead atoms. The van der Waals surface area contributed by atoms with Crippen LogP contribution in [0.5, 0.6) is 11.5 Å². The van der Waals surface area contributed by atoms with Gasteiger partial charge in [-0.1, -0.05) is 35.3 Å². The SMILES string of the molecule is COc1ccc(/C=C2\SC(=O)NC2=O)cc1OCc1c(Cl)cccc1Cl. The Bertz CT molecular complexity index is 894. The summed E-state index contributed by atoms with van der Waals surface area (Å²) in [6.07, 6.45) is 1.61. The second-order valence-electron chi connectivity index (χ2n) is 5.25. The molecule has 1 saturated heterocycles. The summed E-state index contributed by atoms with van der Waals surface area (Å²) in [6, 6.07) is 10.4. The lowest BCUT2D eigenvalue weighted by molar-refractivity contribution is -0.115. The molecule has 2 amide bonds. The number of rotatable bonds is 5. The highest BCUT2D eigenvalue weighted by atomic mass is 35.5. The zero-order valence-corrected chi connectivity index (χ0v) is 15.9. The number of benzene rings is 2. The summed E-state index contributed by atoms with van der Waals surface area (Å²) in [7, 11) is 1.53. The van der Waals surface area contributed by atoms with Gasteiger partial charge in [0.15, 0.2) is 11.5 Å². The predicted octanol–water partition coefficient (Wildman–Crippen LogP) is 4.90. The van der Waals surface area contributed by atoms with Gasteiger partial charge in [-0.15, -0.1) is 0 Å². The molecule has 1 fully saturated rings. The summed E-state index contributed by atoms with van der Waals surface area (Å²) < 4.78 is 11.1. The van der Waals surface area contributed by atoms with Crippen molar-refractivity contribution in [3.8, 4) is 11.5 Å². The average Bonchev–Trinajstić information content (AvgIpc) is 2.92. The van der Waals surface area contributed by atoms with E-state index in [4.69, 9.17) is 32.7 Å². The van der Waals surface area contributed by atoms with Crippen LogP contribution in [0.3, 0.4) is 0 Å². The van der Waals surface area contributed by atoms with E-state index < -0.39 is 5.91 Å². The van der Waals surface area contributed by atoms with Crippen LogP contribution in [0.1, 0.15) is 11.1 Å². The number of methoxy groups -OCH3 is 1. The molecule has 2 aromatic rings. The second-order valence-corrected chi connectivity index (χ2v) is 7.08. The Morgan fingerprint density at radius 3 is 2.46 bits per heavy atom. The van der Waals surface area contributed by atoms with Gasteiger partial charge in [-0.25, -0.2) is 0 Å². The molecule has 5 nitrogen and oxygen atoms in total. The molecule has 134 valence electrons. The Labute approximate surface area is 164 Å². The summed E-state index contributed by atoms with van der Waals surface area (Å²) in [5.41, 5.74) is 1.36. The van der Waals surface area contributed by atoms with Crippen molar-refractivity contribution in [1.82, 2.24) is 5.32 Å². The highest BCUT2D eigenvalue weighted by Gasteiger charge is 2.25. The summed E-state index contributed by atoms with van der Waals surface area (Å²) in [5, 5.41) is 2.84. The van der Waals surface area contributed by atoms with E-state index in [1.165, 1.54) is 7.11 Å². The molecule has 26 heavy (non-hydrogen) atoms. The van der Waals surface area contributed by atoms with Crippen LogP contribution in [0.25, 0.3) is 6.08 Å². The fourth-order valence-corrected chi connectivity index (χ4v) is 3.48. The first kappa shape index (κ1) is 18.6. The molecule has 0 aliphatic carbocycles. The van der Waals surface area contributed by atoms with Crippen LogP contribution in [0, 0.1) is 0 Å². The van der Waals surface area contributed by atoms with Crippen molar-refractivity contribution in [3.05, 3.63) is 62.5 Å². The van der Waals surface area contributed by atoms with Gasteiger partial charge in [0.1, 0.15) is 6.61 Å². The fraction of sp³-hybridized carbons (Fsp3) is 0.111. The number of carbonyl (C=O) groups is 2. The molecular weight excluding hydrogens is 397 g/mol. The summed E-state index contributed by atoms with van der Waals surface area (Å²) in [4.78, 5) is 23.3. The van der Waals surface area contributed by atoms with Crippen molar-refractivity contribution in [2.24, 2.45) is 0 Å². The van der Waals surface area contributed by atoms with Crippen LogP contribution >= 0.6 is 35.0 Å². The van der Waals surface area contributed by atoms with Gasteiger partial charge in [-0.05, 0) is 47.7 Å². The number of ether oxygens (including phenoxy) is 2. The minimum atomic E-state index is -0.416. The number of nitrogens with one attached hydrogen (secondary N) is 1. The molecule has 0 spiro atoms. The molecule has 2 aromatic carbocycles. The first-order valence-corrected chi connectivity index (χ1v) is 9.04. The van der Waals surface area contributed by atoms with Crippen LogP contribution in [-0.2, 0) is 11.4 Å². The van der Waals surface area contributed by atoms with Crippen molar-refractivity contribution in [2.75, 3.05) is 7.11 Å². The third-order valence-electron chi connectivity index (χ3n) is 3.56. The zero-order chi connectivity index (χ0) is 18.7. The third kappa shape index (κ3) is 4.15. The maximum atomic E-state index is 11.7. The number of thioether (sulfide) groups is 1. The van der Waals surface area contributed by atoms with E-state index in [2.05, 4.69) is 5.32 Å². The lowest BCUT2D eigenvalue weighted by Gasteiger charge is -2.13. The Hall–Kier alpha value is -2.15. The Balaban J connectivity index is 1.85. The monoisotopic (exact) mass is 409 g/mol. The van der Waals surface area contributed by atoms with Crippen molar-refractivity contribution in [3.63, 3.8) is 0 Å². The maximum Gasteiger partial charge on any atom is 0.290 e. The molecule has 1 N–H and O–H groups in total. The first-order chi connectivity index (χ1) is 12.5. The zero-order valence-electron chi connectivity index (χ0n) is 13.5. The minimum absolute atomic E-state index is 0.155. The van der Waals surface area contributed by atoms with Gasteiger partial charge in [0.25, 0.3) is 11.1 Å². The van der Waals surface area contributed by atoms with Gasteiger partial charge < -0.3 is 9.47 Å². The van der Waals surface area contributed by atoms with E-state index >= 15 is 0 Å². The number of hydrogen-bond acceptors (Lipinski definition) is 5. The van der Waals surface area contributed by atoms with Gasteiger partial charge in [0, 0.05) is 15.6 Å². The van der Waals surface area contributed by atoms with Crippen LogP contribution in [0.2, 0.25) is 10.0 Å². The van der Waals surface area contributed by atoms with Gasteiger partial charge in [0.2, 0.25) is 0 Å². The maximum absolute atomic E-state index is 11.7. The van der Waals surface area contributed by atoms with Crippen LogP contribution in [-0.4, -0.2) is 18.3 Å². The van der Waals surface area contributed by atoms with Gasteiger partial charge in [-0.3, -0.25) is 14.9 Å². The van der Waals surface area contributed by atoms with Crippen LogP contribution < -0.4 is 14.8 Å². The number of carbonyl (C=O) groups excluding carboxylic acids is 2. The molecule has 0 saturated carbocycles. The van der Waals surface area contributed by atoms with E-state index in [9.17, 15) is 9.59 Å². The summed E-state index contributed by atoms with van der Waals surface area (Å²) in [6.45, 7) is 0.155. The number of halogens is 2. The smallest absolute Gasteiger partial charge is 0.290 e. The highest BCUT2D eigenvalue weighted by molar-refractivity contribution is 8.18. The van der Waals surface area contributed by atoms with Crippen LogP contribution in [0.15, 0.2) is 41.3 Å². The Morgan fingerprint density at radius 2 is 1.85 bits per heavy atom. The topological polar surface area (TPSA) is 64.6 Å². The molecular formula is C18H13Cl2NO4S. The largest absolute Gasteiger partial charge is 0.493 e. The van der Waals surface area contributed by atoms with E-state index in [1.807, 2.05) is 0 Å². The lowest BCUT2D eigenvalue weighted by atomic mass is 10.2. The first-order valence-electron chi connectivity index (χ1n) is 7.46. The average molecular weight is 410 g/mol. The Morgan fingerprint density at radius 1 is 1.12 bits per heavy atom. The molecule has 0 radical (unpaired) electrons. The highest BCUT2D eigenvalue weighted by Crippen LogP contribution is 2.33. The van der Waals surface area contributed by atoms with Crippen molar-refractivity contribution in [2.45, 2.75) is 6.61 Å². The third-order valence-corrected chi connectivity index (χ3v) is 5.08. The normalized spacial score (nSPS) is 15.3. The van der Waals surface area contributed by atoms with Gasteiger partial charge in [-0.2, -0.15) is 0 Å². The van der Waals surface area contributed by atoms with Crippen molar-refractivity contribution in [1.29, 1.82) is 0 Å². The molecule has 1 aliphatic heterocycles. The van der Waals surface area contributed by atoms with E-state index in [0.29, 0.717) is 37.6 Å². The lowest BCUT2D eigenvalue weighted by Crippen LogP contribution is -2.17. The van der Waals surface area contributed by atoms with E-state index in [-0.39, 0.29) is 11.8 Å². The number of amides is 2. The van der Waals surface area contributed by atoms with Gasteiger partial charge in [0.05, 0.1) is 12.0 Å². The van der Waals surface area contributed by atoms with E-state index in [0.717, 1.165) is 11.8 Å². The van der Waals surface area contributed by atoms with Gasteiger partial charge >= 0.3 is 0 Å². The number of imide groups is 1. The predicted molar refractivity (Wildman–Crippen MR) is 103 cm³/mol. The molecule has 1 heterocycles. The fourth-order valence-electron chi connectivity index (χ4n) is 2.29. The number of hydrogen-bond donors (Lipinski definition) is 1. The van der Waals surface area contributed by atoms with E-state index in [1.54, 1.807) is 42.5 Å². The molecule has 0 atom stereocenters. The van der Waals surface area contributed by atoms with Crippen molar-refractivity contribution < 1.29 is 19.1 Å². The summed E-state index contributed by atoms with van der Waals surface area (Å²) in [5.74, 6) is 0.573. The quantitative estimate of drug-likeness (QED) is 0.710. The van der Waals surface area contributed by atoms with Crippen LogP contribution in [0.4, 0.5) is 4.79 Å². The molecule has 3 rings (SSSR count). The standard InChI is InChI=1S/C18H13Cl2NO4S/c1-24-14-6-5-10(8-16-17(22)21-18(23)26-16)7-15(14)25-9-11-12(19)3-2-4-13(11)20/h2-8H,9H2,1H3,(H,21,22,23)/b16-8-. The molecule has 8 heteroatoms.